The molecule has 0 aliphatic rings. The molecule has 78 valence electrons. The van der Waals surface area contributed by atoms with Crippen LogP contribution in [0.1, 0.15) is 13.3 Å². The third-order valence-corrected chi connectivity index (χ3v) is 1.89. The number of aromatic nitrogens is 1. The lowest BCUT2D eigenvalue weighted by Crippen LogP contribution is -2.17. The predicted molar refractivity (Wildman–Crippen MR) is 55.6 cm³/mol. The number of nitrogens with one attached hydrogen (secondary N) is 1. The Morgan fingerprint density at radius 1 is 1.57 bits per heavy atom. The van der Waals surface area contributed by atoms with Crippen LogP contribution in [-0.4, -0.2) is 29.8 Å². The molecule has 0 aromatic carbocycles. The highest BCUT2D eigenvalue weighted by Crippen LogP contribution is 2.12. The zero-order valence-corrected chi connectivity index (χ0v) is 8.53. The molecule has 1 aromatic heterocycles. The number of aliphatic hydroxyl groups excluding tert-OH is 1. The van der Waals surface area contributed by atoms with Crippen LogP contribution in [0.4, 0.5) is 5.82 Å². The van der Waals surface area contributed by atoms with Crippen molar-refractivity contribution in [3.05, 3.63) is 18.2 Å². The molecule has 0 spiro atoms. The second kappa shape index (κ2) is 5.44. The summed E-state index contributed by atoms with van der Waals surface area (Å²) in [6, 6.07) is 5.75. The van der Waals surface area contributed by atoms with Crippen molar-refractivity contribution in [2.45, 2.75) is 19.4 Å². The monoisotopic (exact) mass is 196 g/mol. The van der Waals surface area contributed by atoms with E-state index < -0.39 is 0 Å². The molecular formula is C10H16N2O2. The van der Waals surface area contributed by atoms with Gasteiger partial charge in [0.1, 0.15) is 5.82 Å². The van der Waals surface area contributed by atoms with Crippen molar-refractivity contribution in [3.63, 3.8) is 0 Å². The summed E-state index contributed by atoms with van der Waals surface area (Å²) in [5, 5.41) is 11.9. The van der Waals surface area contributed by atoms with Crippen LogP contribution in [0.2, 0.25) is 0 Å². The minimum absolute atomic E-state index is 0.179. The van der Waals surface area contributed by atoms with Crippen molar-refractivity contribution in [2.75, 3.05) is 19.0 Å². The van der Waals surface area contributed by atoms with Gasteiger partial charge in [-0.3, -0.25) is 0 Å². The van der Waals surface area contributed by atoms with Gasteiger partial charge in [-0.15, -0.1) is 0 Å². The third kappa shape index (κ3) is 3.22. The van der Waals surface area contributed by atoms with E-state index in [4.69, 9.17) is 9.84 Å². The molecule has 0 radical (unpaired) electrons. The number of rotatable bonds is 5. The standard InChI is InChI=1S/C10H16N2O2/c1-8(6-7-13)11-9-4-3-5-10(12-9)14-2/h3-5,8,13H,6-7H2,1-2H3,(H,11,12). The summed E-state index contributed by atoms with van der Waals surface area (Å²) in [5.41, 5.74) is 0. The van der Waals surface area contributed by atoms with Gasteiger partial charge in [0.25, 0.3) is 0 Å². The van der Waals surface area contributed by atoms with Crippen molar-refractivity contribution in [3.8, 4) is 5.88 Å². The summed E-state index contributed by atoms with van der Waals surface area (Å²) in [5.74, 6) is 1.36. The molecule has 4 nitrogen and oxygen atoms in total. The first-order chi connectivity index (χ1) is 6.76. The molecular weight excluding hydrogens is 180 g/mol. The van der Waals surface area contributed by atoms with E-state index in [1.807, 2.05) is 19.1 Å². The van der Waals surface area contributed by atoms with E-state index in [0.717, 1.165) is 5.82 Å². The lowest BCUT2D eigenvalue weighted by atomic mass is 10.2. The van der Waals surface area contributed by atoms with Gasteiger partial charge in [-0.25, -0.2) is 0 Å². The molecule has 0 fully saturated rings. The first-order valence-electron chi connectivity index (χ1n) is 4.64. The summed E-state index contributed by atoms with van der Waals surface area (Å²) in [6.45, 7) is 2.18. The van der Waals surface area contributed by atoms with Crippen LogP contribution in [-0.2, 0) is 0 Å². The van der Waals surface area contributed by atoms with Crippen LogP contribution in [0.15, 0.2) is 18.2 Å². The van der Waals surface area contributed by atoms with Crippen molar-refractivity contribution in [1.82, 2.24) is 4.98 Å². The van der Waals surface area contributed by atoms with Crippen LogP contribution in [0.3, 0.4) is 0 Å². The molecule has 1 aromatic rings. The number of aliphatic hydroxyl groups is 1. The molecule has 14 heavy (non-hydrogen) atoms. The molecule has 1 unspecified atom stereocenters. The van der Waals surface area contributed by atoms with E-state index in [2.05, 4.69) is 10.3 Å². The Morgan fingerprint density at radius 2 is 2.36 bits per heavy atom. The minimum atomic E-state index is 0.179. The van der Waals surface area contributed by atoms with E-state index >= 15 is 0 Å². The van der Waals surface area contributed by atoms with Gasteiger partial charge in [-0.1, -0.05) is 6.07 Å². The Bertz CT molecular complexity index is 279. The average Bonchev–Trinajstić information content (AvgIpc) is 2.18. The Balaban J connectivity index is 2.57. The molecule has 1 rings (SSSR count). The van der Waals surface area contributed by atoms with Crippen molar-refractivity contribution < 1.29 is 9.84 Å². The van der Waals surface area contributed by atoms with E-state index in [1.54, 1.807) is 13.2 Å². The second-order valence-corrected chi connectivity index (χ2v) is 3.12. The molecule has 1 heterocycles. The highest BCUT2D eigenvalue weighted by Gasteiger charge is 2.02. The van der Waals surface area contributed by atoms with Crippen molar-refractivity contribution in [2.24, 2.45) is 0 Å². The number of hydrogen-bond acceptors (Lipinski definition) is 4. The van der Waals surface area contributed by atoms with E-state index in [0.29, 0.717) is 12.3 Å². The quantitative estimate of drug-likeness (QED) is 0.744. The number of anilines is 1. The number of hydrogen-bond donors (Lipinski definition) is 2. The number of ether oxygens (including phenoxy) is 1. The van der Waals surface area contributed by atoms with Gasteiger partial charge in [-0.2, -0.15) is 4.98 Å². The van der Waals surface area contributed by atoms with E-state index in [9.17, 15) is 0 Å². The fourth-order valence-corrected chi connectivity index (χ4v) is 1.13. The highest BCUT2D eigenvalue weighted by molar-refractivity contribution is 5.37. The molecule has 0 saturated heterocycles. The molecule has 1 atom stereocenters. The molecule has 0 saturated carbocycles. The normalized spacial score (nSPS) is 12.2. The summed E-state index contributed by atoms with van der Waals surface area (Å²) in [7, 11) is 1.59. The van der Waals surface area contributed by atoms with Gasteiger partial charge in [0.15, 0.2) is 0 Å². The number of methoxy groups -OCH3 is 1. The molecule has 4 heteroatoms. The summed E-state index contributed by atoms with van der Waals surface area (Å²) in [6.07, 6.45) is 0.707. The topological polar surface area (TPSA) is 54.4 Å². The van der Waals surface area contributed by atoms with Crippen molar-refractivity contribution >= 4 is 5.82 Å². The van der Waals surface area contributed by atoms with Gasteiger partial charge in [0.05, 0.1) is 7.11 Å². The van der Waals surface area contributed by atoms with Crippen LogP contribution in [0.25, 0.3) is 0 Å². The molecule has 0 aliphatic carbocycles. The van der Waals surface area contributed by atoms with Gasteiger partial charge >= 0.3 is 0 Å². The predicted octanol–water partition coefficient (Wildman–Crippen LogP) is 1.27. The van der Waals surface area contributed by atoms with Gasteiger partial charge < -0.3 is 15.2 Å². The molecule has 0 aliphatic heterocycles. The van der Waals surface area contributed by atoms with Gasteiger partial charge in [0, 0.05) is 18.7 Å². The summed E-state index contributed by atoms with van der Waals surface area (Å²) < 4.78 is 5.00. The van der Waals surface area contributed by atoms with Crippen LogP contribution in [0, 0.1) is 0 Å². The lowest BCUT2D eigenvalue weighted by Gasteiger charge is -2.13. The maximum absolute atomic E-state index is 8.73. The zero-order valence-electron chi connectivity index (χ0n) is 8.53. The van der Waals surface area contributed by atoms with E-state index in [-0.39, 0.29) is 12.6 Å². The highest BCUT2D eigenvalue weighted by atomic mass is 16.5. The maximum Gasteiger partial charge on any atom is 0.214 e. The molecule has 2 N–H and O–H groups in total. The van der Waals surface area contributed by atoms with Crippen LogP contribution in [0.5, 0.6) is 5.88 Å². The minimum Gasteiger partial charge on any atom is -0.481 e. The molecule has 0 bridgehead atoms. The number of nitrogens with zero attached hydrogens (tertiary/aromatic N) is 1. The van der Waals surface area contributed by atoms with Crippen molar-refractivity contribution in [1.29, 1.82) is 0 Å². The maximum atomic E-state index is 8.73. The van der Waals surface area contributed by atoms with Gasteiger partial charge in [-0.05, 0) is 19.4 Å². The largest absolute Gasteiger partial charge is 0.481 e. The molecule has 0 amide bonds. The average molecular weight is 196 g/mol. The second-order valence-electron chi connectivity index (χ2n) is 3.12. The fraction of sp³-hybridized carbons (Fsp3) is 0.500. The summed E-state index contributed by atoms with van der Waals surface area (Å²) >= 11 is 0. The van der Waals surface area contributed by atoms with Crippen LogP contribution < -0.4 is 10.1 Å². The first-order valence-corrected chi connectivity index (χ1v) is 4.64. The summed E-state index contributed by atoms with van der Waals surface area (Å²) in [4.78, 5) is 4.20. The first kappa shape index (κ1) is 10.8. The lowest BCUT2D eigenvalue weighted by molar-refractivity contribution is 0.282. The van der Waals surface area contributed by atoms with Crippen LogP contribution >= 0.6 is 0 Å². The Labute approximate surface area is 83.9 Å². The zero-order chi connectivity index (χ0) is 10.4. The third-order valence-electron chi connectivity index (χ3n) is 1.89. The smallest absolute Gasteiger partial charge is 0.214 e. The van der Waals surface area contributed by atoms with Gasteiger partial charge in [0.2, 0.25) is 5.88 Å². The number of pyridine rings is 1. The van der Waals surface area contributed by atoms with E-state index in [1.165, 1.54) is 0 Å². The Morgan fingerprint density at radius 3 is 3.00 bits per heavy atom. The SMILES string of the molecule is COc1cccc(NC(C)CCO)n1. The Hall–Kier alpha value is -1.29. The fourth-order valence-electron chi connectivity index (χ4n) is 1.13. The Kier molecular flexibility index (Phi) is 4.19.